The summed E-state index contributed by atoms with van der Waals surface area (Å²) >= 11 is 0. The smallest absolute Gasteiger partial charge is 0.416 e. The topological polar surface area (TPSA) is 113 Å². The Bertz CT molecular complexity index is 1590. The van der Waals surface area contributed by atoms with Gasteiger partial charge in [0.05, 0.1) is 30.1 Å². The van der Waals surface area contributed by atoms with Crippen LogP contribution in [0.5, 0.6) is 0 Å². The fourth-order valence-electron chi connectivity index (χ4n) is 6.85. The number of nitrogens with zero attached hydrogens (tertiary/aromatic N) is 6. The number of alkyl halides is 6. The quantitative estimate of drug-likeness (QED) is 0.239. The van der Waals surface area contributed by atoms with E-state index >= 15 is 0 Å². The van der Waals surface area contributed by atoms with Gasteiger partial charge in [-0.1, -0.05) is 22.8 Å². The summed E-state index contributed by atoms with van der Waals surface area (Å²) in [6.07, 6.45) is -5.87. The molecule has 50 heavy (non-hydrogen) atoms. The predicted octanol–water partition coefficient (Wildman–Crippen LogP) is 7.85. The van der Waals surface area contributed by atoms with Gasteiger partial charge in [-0.15, -0.1) is 5.10 Å². The van der Waals surface area contributed by atoms with Crippen LogP contribution in [0.1, 0.15) is 98.7 Å². The molecule has 1 aliphatic carbocycles. The minimum absolute atomic E-state index is 0. The number of carboxylic acid groups (broad SMARTS) is 1. The summed E-state index contributed by atoms with van der Waals surface area (Å²) in [6, 6.07) is 5.23. The summed E-state index contributed by atoms with van der Waals surface area (Å²) in [7, 11) is 1.54. The van der Waals surface area contributed by atoms with Crippen molar-refractivity contribution >= 4 is 17.6 Å². The standard InChI is InChI=1S/C31H36F6N6O2.C4H11N/c1-18-11-19(2)27-25(12-18)26(5-4-10-42(27)16-20-6-8-22(9-7-20)28(44)45)43(29-38-40-41(3)39-29)17-21-13-23(30(32,33)34)15-24(14-21)31(35,36)37;1-4(2,3)5/h11-15,20,22,26H,4-10,16-17H2,1-3H3,(H,44,45);5H2,1-3H3/t20-,22-,26-;/m0./s1. The van der Waals surface area contributed by atoms with Crippen molar-refractivity contribution < 1.29 is 36.2 Å². The third-order valence-corrected chi connectivity index (χ3v) is 8.86. The van der Waals surface area contributed by atoms with Crippen LogP contribution in [0.3, 0.4) is 0 Å². The Morgan fingerprint density at radius 2 is 1.52 bits per heavy atom. The van der Waals surface area contributed by atoms with E-state index in [0.717, 1.165) is 53.9 Å². The molecule has 0 unspecified atom stereocenters. The average molecular weight is 712 g/mol. The Hall–Kier alpha value is -3.88. The van der Waals surface area contributed by atoms with Crippen LogP contribution in [0.2, 0.25) is 0 Å². The lowest BCUT2D eigenvalue weighted by molar-refractivity contribution is -0.144. The van der Waals surface area contributed by atoms with E-state index in [1.807, 2.05) is 40.7 Å². The number of nitrogens with two attached hydrogens (primary N) is 1. The number of carbonyl (C=O) groups is 1. The molecule has 1 atom stereocenters. The first-order valence-corrected chi connectivity index (χ1v) is 16.8. The Morgan fingerprint density at radius 3 is 2.02 bits per heavy atom. The van der Waals surface area contributed by atoms with Crippen LogP contribution in [0.25, 0.3) is 0 Å². The molecule has 3 aromatic rings. The van der Waals surface area contributed by atoms with Crippen LogP contribution in [0.15, 0.2) is 30.3 Å². The van der Waals surface area contributed by atoms with Crippen molar-refractivity contribution in [2.24, 2.45) is 24.6 Å². The van der Waals surface area contributed by atoms with E-state index in [2.05, 4.69) is 26.4 Å². The maximum atomic E-state index is 13.7. The van der Waals surface area contributed by atoms with Crippen molar-refractivity contribution in [3.05, 3.63) is 63.7 Å². The van der Waals surface area contributed by atoms with Crippen LogP contribution in [0, 0.1) is 25.7 Å². The summed E-state index contributed by atoms with van der Waals surface area (Å²) < 4.78 is 82.4. The molecule has 2 heterocycles. The molecule has 0 bridgehead atoms. The summed E-state index contributed by atoms with van der Waals surface area (Å²) in [5.41, 5.74) is 6.25. The molecule has 1 aromatic heterocycles. The third kappa shape index (κ3) is 10.3. The molecule has 0 radical (unpaired) electrons. The molecule has 2 aliphatic rings. The number of rotatable bonds is 7. The molecular weight excluding hydrogens is 664 g/mol. The molecule has 5 rings (SSSR count). The lowest BCUT2D eigenvalue weighted by atomic mass is 9.81. The summed E-state index contributed by atoms with van der Waals surface area (Å²) in [5, 5.41) is 21.8. The number of carboxylic acids is 1. The van der Waals surface area contributed by atoms with Gasteiger partial charge in [0.25, 0.3) is 5.95 Å². The second-order valence-corrected chi connectivity index (χ2v) is 14.7. The van der Waals surface area contributed by atoms with Gasteiger partial charge in [-0.25, -0.2) is 0 Å². The van der Waals surface area contributed by atoms with E-state index in [9.17, 15) is 36.2 Å². The number of aliphatic carboxylic acids is 1. The van der Waals surface area contributed by atoms with Gasteiger partial charge in [-0.3, -0.25) is 4.79 Å². The summed E-state index contributed by atoms with van der Waals surface area (Å²) in [5.74, 6) is -0.690. The van der Waals surface area contributed by atoms with Crippen molar-refractivity contribution in [2.45, 2.75) is 104 Å². The zero-order valence-corrected chi connectivity index (χ0v) is 29.4. The monoisotopic (exact) mass is 711 g/mol. The molecular formula is C35H47F6N7O2. The number of hydrogen-bond donors (Lipinski definition) is 2. The minimum atomic E-state index is -4.97. The van der Waals surface area contributed by atoms with E-state index in [1.54, 1.807) is 4.90 Å². The second kappa shape index (κ2) is 15.2. The summed E-state index contributed by atoms with van der Waals surface area (Å²) in [4.78, 5) is 16.6. The largest absolute Gasteiger partial charge is 0.481 e. The van der Waals surface area contributed by atoms with Gasteiger partial charge in [-0.05, 0) is 119 Å². The highest BCUT2D eigenvalue weighted by Gasteiger charge is 2.38. The number of halogens is 6. The molecule has 0 spiro atoms. The first kappa shape index (κ1) is 38.9. The van der Waals surface area contributed by atoms with E-state index in [4.69, 9.17) is 5.73 Å². The fourth-order valence-corrected chi connectivity index (χ4v) is 6.85. The van der Waals surface area contributed by atoms with Crippen molar-refractivity contribution in [3.63, 3.8) is 0 Å². The van der Waals surface area contributed by atoms with E-state index in [-0.39, 0.29) is 35.6 Å². The number of tetrazole rings is 1. The van der Waals surface area contributed by atoms with Gasteiger partial charge in [0.1, 0.15) is 0 Å². The van der Waals surface area contributed by atoms with Gasteiger partial charge in [0.2, 0.25) is 0 Å². The van der Waals surface area contributed by atoms with Crippen molar-refractivity contribution in [3.8, 4) is 0 Å². The fraction of sp³-hybridized carbons (Fsp3) is 0.600. The zero-order chi connectivity index (χ0) is 37.2. The van der Waals surface area contributed by atoms with Gasteiger partial charge in [-0.2, -0.15) is 31.1 Å². The highest BCUT2D eigenvalue weighted by atomic mass is 19.4. The van der Waals surface area contributed by atoms with Crippen LogP contribution >= 0.6 is 0 Å². The Kier molecular flexibility index (Phi) is 11.8. The third-order valence-electron chi connectivity index (χ3n) is 8.86. The highest BCUT2D eigenvalue weighted by Crippen LogP contribution is 2.43. The van der Waals surface area contributed by atoms with Gasteiger partial charge in [0.15, 0.2) is 0 Å². The number of hydrogen-bond acceptors (Lipinski definition) is 7. The van der Waals surface area contributed by atoms with Crippen LogP contribution in [0.4, 0.5) is 38.0 Å². The molecule has 3 N–H and O–H groups in total. The highest BCUT2D eigenvalue weighted by molar-refractivity contribution is 5.70. The van der Waals surface area contributed by atoms with Crippen LogP contribution < -0.4 is 15.5 Å². The van der Waals surface area contributed by atoms with Crippen LogP contribution in [-0.2, 0) is 30.7 Å². The molecule has 0 saturated heterocycles. The van der Waals surface area contributed by atoms with Crippen LogP contribution in [-0.4, -0.2) is 49.9 Å². The lowest BCUT2D eigenvalue weighted by Gasteiger charge is -2.36. The second-order valence-electron chi connectivity index (χ2n) is 14.7. The Balaban J connectivity index is 0.00000105. The van der Waals surface area contributed by atoms with Gasteiger partial charge in [0, 0.05) is 30.9 Å². The van der Waals surface area contributed by atoms with Gasteiger partial charge >= 0.3 is 18.3 Å². The molecule has 1 fully saturated rings. The van der Waals surface area contributed by atoms with E-state index in [1.165, 1.54) is 11.8 Å². The molecule has 9 nitrogen and oxygen atoms in total. The molecule has 276 valence electrons. The van der Waals surface area contributed by atoms with Crippen molar-refractivity contribution in [1.82, 2.24) is 20.2 Å². The molecule has 1 saturated carbocycles. The molecule has 1 aliphatic heterocycles. The molecule has 2 aromatic carbocycles. The van der Waals surface area contributed by atoms with Crippen molar-refractivity contribution in [2.75, 3.05) is 22.9 Å². The number of aromatic nitrogens is 4. The Morgan fingerprint density at radius 1 is 0.940 bits per heavy atom. The number of benzene rings is 2. The molecule has 15 heteroatoms. The Labute approximate surface area is 288 Å². The normalized spacial score (nSPS) is 20.0. The van der Waals surface area contributed by atoms with E-state index < -0.39 is 35.5 Å². The SMILES string of the molecule is CC(C)(C)N.Cc1cc(C)c2c(c1)[C@@H](N(Cc1cc(C(F)(F)F)cc(C(F)(F)F)c1)c1nnn(C)n1)CCCN2C[C@H]1CC[C@H](C(=O)O)CC1. The predicted molar refractivity (Wildman–Crippen MR) is 179 cm³/mol. The number of anilines is 2. The van der Waals surface area contributed by atoms with E-state index in [0.29, 0.717) is 38.1 Å². The lowest BCUT2D eigenvalue weighted by Crippen LogP contribution is -2.34. The maximum Gasteiger partial charge on any atom is 0.416 e. The number of fused-ring (bicyclic) bond motifs is 1. The molecule has 0 amide bonds. The average Bonchev–Trinajstić information content (AvgIpc) is 3.33. The minimum Gasteiger partial charge on any atom is -0.481 e. The first-order chi connectivity index (χ1) is 23.1. The summed E-state index contributed by atoms with van der Waals surface area (Å²) in [6.45, 7) is 10.9. The number of aryl methyl sites for hydroxylation is 3. The maximum absolute atomic E-state index is 13.7. The van der Waals surface area contributed by atoms with Crippen molar-refractivity contribution in [1.29, 1.82) is 0 Å². The van der Waals surface area contributed by atoms with Gasteiger partial charge < -0.3 is 20.6 Å². The first-order valence-electron chi connectivity index (χ1n) is 16.8. The zero-order valence-electron chi connectivity index (χ0n) is 29.4.